The van der Waals surface area contributed by atoms with Gasteiger partial charge in [0.2, 0.25) is 5.91 Å². The summed E-state index contributed by atoms with van der Waals surface area (Å²) in [5, 5.41) is 6.13. The molecule has 1 heterocycles. The van der Waals surface area contributed by atoms with E-state index in [1.807, 2.05) is 26.0 Å². The molecule has 6 heteroatoms. The van der Waals surface area contributed by atoms with Crippen molar-refractivity contribution in [3.63, 3.8) is 0 Å². The Labute approximate surface area is 126 Å². The van der Waals surface area contributed by atoms with Crippen LogP contribution in [-0.4, -0.2) is 32.7 Å². The van der Waals surface area contributed by atoms with Crippen LogP contribution in [0, 0.1) is 0 Å². The van der Waals surface area contributed by atoms with Crippen molar-refractivity contribution in [2.45, 2.75) is 43.7 Å². The molecule has 21 heavy (non-hydrogen) atoms. The minimum absolute atomic E-state index is 0.00317. The van der Waals surface area contributed by atoms with Gasteiger partial charge >= 0.3 is 0 Å². The van der Waals surface area contributed by atoms with Gasteiger partial charge < -0.3 is 10.6 Å². The largest absolute Gasteiger partial charge is 0.354 e. The molecule has 0 aromatic heterocycles. The van der Waals surface area contributed by atoms with Crippen LogP contribution in [0.4, 0.5) is 0 Å². The fraction of sp³-hybridized carbons (Fsp3) is 0.533. The maximum Gasteiger partial charge on any atom is 0.221 e. The van der Waals surface area contributed by atoms with Crippen molar-refractivity contribution >= 4 is 15.7 Å². The highest BCUT2D eigenvalue weighted by Gasteiger charge is 2.29. The first kappa shape index (κ1) is 16.0. The van der Waals surface area contributed by atoms with E-state index < -0.39 is 9.84 Å². The molecule has 1 aliphatic heterocycles. The van der Waals surface area contributed by atoms with Gasteiger partial charge in [-0.2, -0.15) is 0 Å². The second-order valence-corrected chi connectivity index (χ2v) is 7.70. The summed E-state index contributed by atoms with van der Waals surface area (Å²) in [6, 6.07) is 7.23. The Hall–Kier alpha value is -1.40. The van der Waals surface area contributed by atoms with Gasteiger partial charge in [-0.15, -0.1) is 0 Å². The van der Waals surface area contributed by atoms with E-state index in [1.54, 1.807) is 12.1 Å². The Kier molecular flexibility index (Phi) is 5.00. The van der Waals surface area contributed by atoms with Gasteiger partial charge in [-0.1, -0.05) is 18.2 Å². The fourth-order valence-electron chi connectivity index (χ4n) is 2.56. The summed E-state index contributed by atoms with van der Waals surface area (Å²) in [6.07, 6.45) is 0.939. The monoisotopic (exact) mass is 310 g/mol. The lowest BCUT2D eigenvalue weighted by molar-refractivity contribution is -0.121. The second kappa shape index (κ2) is 6.58. The van der Waals surface area contributed by atoms with Crippen molar-refractivity contribution in [1.82, 2.24) is 10.6 Å². The molecule has 0 saturated carbocycles. The quantitative estimate of drug-likeness (QED) is 0.862. The average molecular weight is 310 g/mol. The number of amides is 1. The summed E-state index contributed by atoms with van der Waals surface area (Å²) in [7, 11) is -3.15. The highest BCUT2D eigenvalue weighted by molar-refractivity contribution is 7.91. The predicted octanol–water partition coefficient (Wildman–Crippen LogP) is 1.41. The zero-order valence-corrected chi connectivity index (χ0v) is 13.2. The Morgan fingerprint density at radius 2 is 2.05 bits per heavy atom. The molecule has 1 aromatic rings. The van der Waals surface area contributed by atoms with Crippen molar-refractivity contribution in [2.75, 3.05) is 12.3 Å². The molecule has 5 nitrogen and oxygen atoms in total. The van der Waals surface area contributed by atoms with Gasteiger partial charge in [0.05, 0.1) is 10.6 Å². The van der Waals surface area contributed by atoms with Gasteiger partial charge in [-0.05, 0) is 31.9 Å². The van der Waals surface area contributed by atoms with Gasteiger partial charge in [0, 0.05) is 25.0 Å². The summed E-state index contributed by atoms with van der Waals surface area (Å²) < 4.78 is 24.1. The van der Waals surface area contributed by atoms with E-state index in [-0.39, 0.29) is 23.7 Å². The number of benzene rings is 1. The van der Waals surface area contributed by atoms with Crippen LogP contribution in [-0.2, 0) is 14.6 Å². The van der Waals surface area contributed by atoms with Crippen LogP contribution in [0.5, 0.6) is 0 Å². The Morgan fingerprint density at radius 1 is 1.33 bits per heavy atom. The summed E-state index contributed by atoms with van der Waals surface area (Å²) in [6.45, 7) is 4.39. The van der Waals surface area contributed by atoms with Gasteiger partial charge in [0.25, 0.3) is 0 Å². The van der Waals surface area contributed by atoms with Crippen LogP contribution in [0.1, 0.15) is 38.3 Å². The van der Waals surface area contributed by atoms with Crippen LogP contribution >= 0.6 is 0 Å². The molecule has 0 bridgehead atoms. The number of nitrogens with one attached hydrogen (secondary N) is 2. The maximum atomic E-state index is 12.0. The molecule has 2 rings (SSSR count). The van der Waals surface area contributed by atoms with Crippen molar-refractivity contribution in [3.05, 3.63) is 29.8 Å². The molecule has 0 aliphatic carbocycles. The van der Waals surface area contributed by atoms with Crippen molar-refractivity contribution in [2.24, 2.45) is 0 Å². The molecule has 1 aliphatic rings. The van der Waals surface area contributed by atoms with E-state index in [1.165, 1.54) is 0 Å². The van der Waals surface area contributed by atoms with E-state index in [0.717, 1.165) is 5.56 Å². The first-order valence-electron chi connectivity index (χ1n) is 7.24. The molecule has 0 fully saturated rings. The first-order valence-corrected chi connectivity index (χ1v) is 8.90. The molecule has 0 radical (unpaired) electrons. The Morgan fingerprint density at radius 3 is 2.76 bits per heavy atom. The number of fused-ring (bicyclic) bond motifs is 1. The smallest absolute Gasteiger partial charge is 0.221 e. The Bertz CT molecular complexity index is 611. The van der Waals surface area contributed by atoms with Gasteiger partial charge in [0.15, 0.2) is 9.84 Å². The zero-order chi connectivity index (χ0) is 15.5. The molecule has 1 aromatic carbocycles. The molecule has 1 atom stereocenters. The summed E-state index contributed by atoms with van der Waals surface area (Å²) >= 11 is 0. The number of sulfone groups is 1. The van der Waals surface area contributed by atoms with Crippen LogP contribution in [0.3, 0.4) is 0 Å². The second-order valence-electron chi connectivity index (χ2n) is 5.62. The molecule has 2 N–H and O–H groups in total. The summed E-state index contributed by atoms with van der Waals surface area (Å²) in [4.78, 5) is 12.0. The first-order chi connectivity index (χ1) is 9.90. The summed E-state index contributed by atoms with van der Waals surface area (Å²) in [5.74, 6) is 0.161. The van der Waals surface area contributed by atoms with E-state index >= 15 is 0 Å². The fourth-order valence-corrected chi connectivity index (χ4v) is 4.18. The standard InChI is InChI=1S/C15H22N2O3S/c1-11(2)17-15(18)7-9-16-13-8-10-21(19,20)14-6-4-3-5-12(13)14/h3-6,11,13,16H,7-10H2,1-2H3,(H,17,18). The lowest BCUT2D eigenvalue weighted by atomic mass is 10.0. The van der Waals surface area contributed by atoms with E-state index in [0.29, 0.717) is 24.3 Å². The molecular weight excluding hydrogens is 288 g/mol. The maximum absolute atomic E-state index is 12.0. The lowest BCUT2D eigenvalue weighted by Gasteiger charge is -2.26. The van der Waals surface area contributed by atoms with Crippen LogP contribution in [0.15, 0.2) is 29.2 Å². The van der Waals surface area contributed by atoms with Gasteiger partial charge in [0.1, 0.15) is 0 Å². The Balaban J connectivity index is 1.98. The molecule has 1 unspecified atom stereocenters. The minimum atomic E-state index is -3.15. The normalized spacial score (nSPS) is 20.0. The van der Waals surface area contributed by atoms with E-state index in [4.69, 9.17) is 0 Å². The van der Waals surface area contributed by atoms with Crippen molar-refractivity contribution in [1.29, 1.82) is 0 Å². The molecular formula is C15H22N2O3S. The topological polar surface area (TPSA) is 75.3 Å². The van der Waals surface area contributed by atoms with E-state index in [2.05, 4.69) is 10.6 Å². The van der Waals surface area contributed by atoms with Crippen molar-refractivity contribution < 1.29 is 13.2 Å². The predicted molar refractivity (Wildman–Crippen MR) is 81.8 cm³/mol. The number of carbonyl (C=O) groups excluding carboxylic acids is 1. The molecule has 0 saturated heterocycles. The SMILES string of the molecule is CC(C)NC(=O)CCNC1CCS(=O)(=O)c2ccccc21. The number of rotatable bonds is 5. The van der Waals surface area contributed by atoms with Crippen LogP contribution < -0.4 is 10.6 Å². The molecule has 0 spiro atoms. The lowest BCUT2D eigenvalue weighted by Crippen LogP contribution is -2.35. The third-order valence-electron chi connectivity index (χ3n) is 3.50. The molecule has 116 valence electrons. The number of carbonyl (C=O) groups is 1. The van der Waals surface area contributed by atoms with Gasteiger partial charge in [-0.25, -0.2) is 8.42 Å². The zero-order valence-electron chi connectivity index (χ0n) is 12.4. The third kappa shape index (κ3) is 4.04. The average Bonchev–Trinajstić information content (AvgIpc) is 2.41. The minimum Gasteiger partial charge on any atom is -0.354 e. The van der Waals surface area contributed by atoms with Crippen LogP contribution in [0.2, 0.25) is 0 Å². The molecule has 1 amide bonds. The number of hydrogen-bond donors (Lipinski definition) is 2. The third-order valence-corrected chi connectivity index (χ3v) is 5.31. The highest BCUT2D eigenvalue weighted by atomic mass is 32.2. The van der Waals surface area contributed by atoms with Gasteiger partial charge in [-0.3, -0.25) is 4.79 Å². The van der Waals surface area contributed by atoms with Crippen molar-refractivity contribution in [3.8, 4) is 0 Å². The van der Waals surface area contributed by atoms with E-state index in [9.17, 15) is 13.2 Å². The van der Waals surface area contributed by atoms with Crippen LogP contribution in [0.25, 0.3) is 0 Å². The number of hydrogen-bond acceptors (Lipinski definition) is 4. The highest BCUT2D eigenvalue weighted by Crippen LogP contribution is 2.31. The summed E-state index contributed by atoms with van der Waals surface area (Å²) in [5.41, 5.74) is 0.813.